The molecular weight excluding hydrogens is 202 g/mol. The van der Waals surface area contributed by atoms with E-state index in [0.717, 1.165) is 11.3 Å². The van der Waals surface area contributed by atoms with Crippen LogP contribution in [0.5, 0.6) is 0 Å². The Morgan fingerprint density at radius 3 is 2.71 bits per heavy atom. The second-order valence-corrected chi connectivity index (χ2v) is 3.54. The number of nitrogens with two attached hydrogens (primary N) is 1. The molecule has 76 valence electrons. The zero-order chi connectivity index (χ0) is 10.7. The number of ether oxygens (including phenoxy) is 1. The molecule has 0 saturated heterocycles. The van der Waals surface area contributed by atoms with E-state index in [1.165, 1.54) is 7.11 Å². The van der Waals surface area contributed by atoms with Gasteiger partial charge in [0, 0.05) is 11.8 Å². The Bertz CT molecular complexity index is 337. The highest BCUT2D eigenvalue weighted by Gasteiger charge is 2.19. The van der Waals surface area contributed by atoms with Crippen LogP contribution in [0.25, 0.3) is 0 Å². The number of thiophene rings is 1. The number of nitrogen functional groups attached to an aromatic ring is 1. The van der Waals surface area contributed by atoms with Gasteiger partial charge in [-0.3, -0.25) is 4.79 Å². The third kappa shape index (κ3) is 1.77. The lowest BCUT2D eigenvalue weighted by Crippen LogP contribution is -2.05. The number of esters is 1. The second-order valence-electron chi connectivity index (χ2n) is 2.66. The number of ketones is 1. The average molecular weight is 213 g/mol. The molecule has 5 heteroatoms. The lowest BCUT2D eigenvalue weighted by molar-refractivity contribution is 0.0607. The van der Waals surface area contributed by atoms with E-state index in [2.05, 4.69) is 4.74 Å². The number of carbonyl (C=O) groups excluding carboxylic acids is 2. The molecule has 0 aliphatic heterocycles. The van der Waals surface area contributed by atoms with E-state index in [9.17, 15) is 9.59 Å². The van der Waals surface area contributed by atoms with Crippen LogP contribution in [-0.4, -0.2) is 18.9 Å². The Kier molecular flexibility index (Phi) is 3.24. The highest BCUT2D eigenvalue weighted by molar-refractivity contribution is 7.13. The van der Waals surface area contributed by atoms with E-state index in [4.69, 9.17) is 5.73 Å². The molecule has 0 fully saturated rings. The minimum absolute atomic E-state index is 0.0612. The topological polar surface area (TPSA) is 69.4 Å². The maximum atomic E-state index is 11.3. The molecule has 0 saturated carbocycles. The third-order valence-electron chi connectivity index (χ3n) is 1.82. The minimum atomic E-state index is -0.498. The molecule has 0 aromatic carbocycles. The van der Waals surface area contributed by atoms with Gasteiger partial charge in [0.25, 0.3) is 0 Å². The van der Waals surface area contributed by atoms with Crippen LogP contribution in [-0.2, 0) is 4.74 Å². The predicted molar refractivity (Wildman–Crippen MR) is 54.7 cm³/mol. The number of hydrogen-bond acceptors (Lipinski definition) is 5. The lowest BCUT2D eigenvalue weighted by atomic mass is 10.1. The molecule has 0 aliphatic carbocycles. The average Bonchev–Trinajstić information content (AvgIpc) is 2.58. The lowest BCUT2D eigenvalue weighted by Gasteiger charge is -1.98. The summed E-state index contributed by atoms with van der Waals surface area (Å²) in [5, 5.41) is 1.59. The molecule has 0 atom stereocenters. The smallest absolute Gasteiger partial charge is 0.350 e. The summed E-state index contributed by atoms with van der Waals surface area (Å²) in [5.74, 6) is -0.559. The molecule has 1 aromatic rings. The van der Waals surface area contributed by atoms with Gasteiger partial charge in [0.05, 0.1) is 18.4 Å². The summed E-state index contributed by atoms with van der Waals surface area (Å²) >= 11 is 1.13. The Labute approximate surface area is 85.7 Å². The van der Waals surface area contributed by atoms with E-state index in [-0.39, 0.29) is 11.5 Å². The highest BCUT2D eigenvalue weighted by atomic mass is 32.1. The summed E-state index contributed by atoms with van der Waals surface area (Å²) in [7, 11) is 1.28. The summed E-state index contributed by atoms with van der Waals surface area (Å²) in [5.41, 5.74) is 6.29. The highest BCUT2D eigenvalue weighted by Crippen LogP contribution is 2.26. The standard InChI is InChI=1S/C9H11NO3S/c1-3-6(11)5-4-14-8(7(5)10)9(12)13-2/h4H,3,10H2,1-2H3. The van der Waals surface area contributed by atoms with E-state index in [0.29, 0.717) is 16.9 Å². The molecule has 0 bridgehead atoms. The van der Waals surface area contributed by atoms with E-state index in [1.54, 1.807) is 12.3 Å². The van der Waals surface area contributed by atoms with Crippen molar-refractivity contribution >= 4 is 28.8 Å². The number of rotatable bonds is 3. The van der Waals surface area contributed by atoms with E-state index >= 15 is 0 Å². The van der Waals surface area contributed by atoms with Crippen LogP contribution in [0, 0.1) is 0 Å². The molecule has 0 spiro atoms. The molecule has 14 heavy (non-hydrogen) atoms. The fourth-order valence-corrected chi connectivity index (χ4v) is 1.93. The van der Waals surface area contributed by atoms with Gasteiger partial charge in [0.15, 0.2) is 5.78 Å². The zero-order valence-corrected chi connectivity index (χ0v) is 8.81. The first-order chi connectivity index (χ1) is 6.61. The Morgan fingerprint density at radius 2 is 2.21 bits per heavy atom. The fourth-order valence-electron chi connectivity index (χ4n) is 1.02. The molecule has 1 heterocycles. The van der Waals surface area contributed by atoms with Crippen molar-refractivity contribution in [3.05, 3.63) is 15.8 Å². The van der Waals surface area contributed by atoms with Gasteiger partial charge >= 0.3 is 5.97 Å². The van der Waals surface area contributed by atoms with Crippen LogP contribution in [0.3, 0.4) is 0 Å². The summed E-state index contributed by atoms with van der Waals surface area (Å²) in [6, 6.07) is 0. The quantitative estimate of drug-likeness (QED) is 0.613. The first-order valence-electron chi connectivity index (χ1n) is 4.10. The molecule has 4 nitrogen and oxygen atoms in total. The summed E-state index contributed by atoms with van der Waals surface area (Å²) in [6.45, 7) is 1.75. The zero-order valence-electron chi connectivity index (χ0n) is 7.99. The van der Waals surface area contributed by atoms with E-state index < -0.39 is 5.97 Å². The molecule has 0 radical (unpaired) electrons. The molecule has 2 N–H and O–H groups in total. The molecular formula is C9H11NO3S. The van der Waals surface area contributed by atoms with Gasteiger partial charge in [-0.2, -0.15) is 0 Å². The number of hydrogen-bond donors (Lipinski definition) is 1. The van der Waals surface area contributed by atoms with Gasteiger partial charge in [-0.25, -0.2) is 4.79 Å². The molecule has 0 unspecified atom stereocenters. The van der Waals surface area contributed by atoms with Gasteiger partial charge in [-0.15, -0.1) is 11.3 Å². The van der Waals surface area contributed by atoms with Crippen molar-refractivity contribution in [1.29, 1.82) is 0 Å². The van der Waals surface area contributed by atoms with Crippen molar-refractivity contribution in [2.45, 2.75) is 13.3 Å². The maximum absolute atomic E-state index is 11.3. The van der Waals surface area contributed by atoms with E-state index in [1.807, 2.05) is 0 Å². The fraction of sp³-hybridized carbons (Fsp3) is 0.333. The van der Waals surface area contributed by atoms with Gasteiger partial charge in [0.2, 0.25) is 0 Å². The molecule has 0 aliphatic rings. The molecule has 0 amide bonds. The largest absolute Gasteiger partial charge is 0.465 e. The summed E-state index contributed by atoms with van der Waals surface area (Å²) in [4.78, 5) is 22.8. The van der Waals surface area contributed by atoms with Crippen molar-refractivity contribution in [2.75, 3.05) is 12.8 Å². The number of methoxy groups -OCH3 is 1. The maximum Gasteiger partial charge on any atom is 0.350 e. The van der Waals surface area contributed by atoms with Crippen LogP contribution in [0.15, 0.2) is 5.38 Å². The van der Waals surface area contributed by atoms with Gasteiger partial charge in [-0.1, -0.05) is 6.92 Å². The first kappa shape index (κ1) is 10.7. The van der Waals surface area contributed by atoms with Crippen molar-refractivity contribution in [3.8, 4) is 0 Å². The van der Waals surface area contributed by atoms with Gasteiger partial charge in [0.1, 0.15) is 4.88 Å². The summed E-state index contributed by atoms with van der Waals surface area (Å²) < 4.78 is 4.52. The van der Waals surface area contributed by atoms with Crippen molar-refractivity contribution in [3.63, 3.8) is 0 Å². The number of Topliss-reactive ketones (excluding diaryl/α,β-unsaturated/α-hetero) is 1. The molecule has 1 rings (SSSR count). The Morgan fingerprint density at radius 1 is 1.57 bits per heavy atom. The third-order valence-corrected chi connectivity index (χ3v) is 2.80. The normalized spacial score (nSPS) is 9.86. The number of anilines is 1. The van der Waals surface area contributed by atoms with Gasteiger partial charge in [-0.05, 0) is 0 Å². The van der Waals surface area contributed by atoms with Crippen molar-refractivity contribution in [1.82, 2.24) is 0 Å². The Balaban J connectivity index is 3.08. The molecule has 1 aromatic heterocycles. The van der Waals surface area contributed by atoms with Crippen molar-refractivity contribution < 1.29 is 14.3 Å². The minimum Gasteiger partial charge on any atom is -0.465 e. The monoisotopic (exact) mass is 213 g/mol. The van der Waals surface area contributed by atoms with Crippen LogP contribution in [0.4, 0.5) is 5.69 Å². The van der Waals surface area contributed by atoms with Crippen LogP contribution in [0.2, 0.25) is 0 Å². The SMILES string of the molecule is CCC(=O)c1csc(C(=O)OC)c1N. The van der Waals surface area contributed by atoms with Crippen LogP contribution in [0.1, 0.15) is 33.4 Å². The Hall–Kier alpha value is -1.36. The van der Waals surface area contributed by atoms with Crippen molar-refractivity contribution in [2.24, 2.45) is 0 Å². The van der Waals surface area contributed by atoms with Crippen LogP contribution >= 0.6 is 11.3 Å². The van der Waals surface area contributed by atoms with Gasteiger partial charge < -0.3 is 10.5 Å². The second kappa shape index (κ2) is 4.23. The first-order valence-corrected chi connectivity index (χ1v) is 4.98. The number of carbonyl (C=O) groups is 2. The summed E-state index contributed by atoms with van der Waals surface area (Å²) in [6.07, 6.45) is 0.377. The predicted octanol–water partition coefficient (Wildman–Crippen LogP) is 1.71. The van der Waals surface area contributed by atoms with Crippen LogP contribution < -0.4 is 5.73 Å².